The van der Waals surface area contributed by atoms with Crippen molar-refractivity contribution < 1.29 is 4.74 Å². The maximum atomic E-state index is 5.91. The molecule has 0 fully saturated rings. The van der Waals surface area contributed by atoms with Gasteiger partial charge in [0.15, 0.2) is 0 Å². The van der Waals surface area contributed by atoms with Crippen LogP contribution in [0.2, 0.25) is 0 Å². The highest BCUT2D eigenvalue weighted by molar-refractivity contribution is 5.29. The third-order valence-corrected chi connectivity index (χ3v) is 3.67. The maximum Gasteiger partial charge on any atom is 0.119 e. The van der Waals surface area contributed by atoms with Crippen LogP contribution in [0.25, 0.3) is 0 Å². The highest BCUT2D eigenvalue weighted by Gasteiger charge is 2.18. The quantitative estimate of drug-likeness (QED) is 0.880. The number of methoxy groups -OCH3 is 1. The van der Waals surface area contributed by atoms with Crippen LogP contribution in [0.15, 0.2) is 36.8 Å². The highest BCUT2D eigenvalue weighted by atomic mass is 16.5. The van der Waals surface area contributed by atoms with Crippen LogP contribution in [0.5, 0.6) is 5.75 Å². The van der Waals surface area contributed by atoms with Crippen LogP contribution < -0.4 is 10.5 Å². The molecule has 0 saturated heterocycles. The molecule has 108 valence electrons. The second-order valence-corrected chi connectivity index (χ2v) is 5.38. The zero-order valence-corrected chi connectivity index (χ0v) is 12.4. The summed E-state index contributed by atoms with van der Waals surface area (Å²) in [5, 5.41) is 0. The molecule has 0 aliphatic heterocycles. The summed E-state index contributed by atoms with van der Waals surface area (Å²) in [5.74, 6) is 1.72. The Hall–Kier alpha value is -1.81. The number of nitrogens with two attached hydrogens (primary N) is 1. The summed E-state index contributed by atoms with van der Waals surface area (Å²) in [4.78, 5) is 4.29. The number of rotatable bonds is 6. The molecule has 0 bridgehead atoms. The van der Waals surface area contributed by atoms with E-state index in [4.69, 9.17) is 10.5 Å². The van der Waals surface area contributed by atoms with E-state index >= 15 is 0 Å². The minimum atomic E-state index is 0.336. The second kappa shape index (κ2) is 6.57. The van der Waals surface area contributed by atoms with Gasteiger partial charge < -0.3 is 15.0 Å². The first-order valence-corrected chi connectivity index (χ1v) is 6.98. The van der Waals surface area contributed by atoms with Gasteiger partial charge >= 0.3 is 0 Å². The van der Waals surface area contributed by atoms with Crippen molar-refractivity contribution in [2.45, 2.75) is 26.3 Å². The molecule has 2 N–H and O–H groups in total. The minimum Gasteiger partial charge on any atom is -0.497 e. The van der Waals surface area contributed by atoms with Gasteiger partial charge in [-0.1, -0.05) is 26.0 Å². The van der Waals surface area contributed by atoms with E-state index < -0.39 is 0 Å². The van der Waals surface area contributed by atoms with Gasteiger partial charge in [-0.15, -0.1) is 0 Å². The molecular weight excluding hydrogens is 250 g/mol. The molecule has 1 heterocycles. The number of imidazole rings is 1. The third kappa shape index (κ3) is 3.20. The molecular formula is C16H23N3O. The lowest BCUT2D eigenvalue weighted by Gasteiger charge is -2.20. The summed E-state index contributed by atoms with van der Waals surface area (Å²) in [6, 6.07) is 8.11. The molecule has 1 aromatic heterocycles. The van der Waals surface area contributed by atoms with Gasteiger partial charge in [-0.05, 0) is 23.6 Å². The molecule has 0 amide bonds. The molecule has 0 aliphatic carbocycles. The van der Waals surface area contributed by atoms with E-state index in [1.54, 1.807) is 7.11 Å². The van der Waals surface area contributed by atoms with Gasteiger partial charge in [-0.25, -0.2) is 4.98 Å². The number of ether oxygens (including phenoxy) is 1. The average molecular weight is 273 g/mol. The Balaban J connectivity index is 2.23. The summed E-state index contributed by atoms with van der Waals surface area (Å²) in [6.07, 6.45) is 3.80. The Morgan fingerprint density at radius 3 is 2.80 bits per heavy atom. The summed E-state index contributed by atoms with van der Waals surface area (Å²) < 4.78 is 7.44. The number of hydrogen-bond acceptors (Lipinski definition) is 3. The van der Waals surface area contributed by atoms with Crippen molar-refractivity contribution in [3.8, 4) is 5.75 Å². The molecule has 0 saturated carbocycles. The maximum absolute atomic E-state index is 5.91. The zero-order chi connectivity index (χ0) is 14.5. The van der Waals surface area contributed by atoms with Gasteiger partial charge in [-0.2, -0.15) is 0 Å². The molecule has 4 heteroatoms. The first-order valence-electron chi connectivity index (χ1n) is 6.98. The Morgan fingerprint density at radius 2 is 2.15 bits per heavy atom. The van der Waals surface area contributed by atoms with E-state index in [1.807, 2.05) is 24.7 Å². The van der Waals surface area contributed by atoms with Crippen molar-refractivity contribution in [2.75, 3.05) is 13.7 Å². The van der Waals surface area contributed by atoms with E-state index in [-0.39, 0.29) is 0 Å². The van der Waals surface area contributed by atoms with Crippen molar-refractivity contribution in [1.82, 2.24) is 9.55 Å². The molecule has 1 atom stereocenters. The van der Waals surface area contributed by atoms with Crippen LogP contribution >= 0.6 is 0 Å². The Kier molecular flexibility index (Phi) is 4.79. The first-order chi connectivity index (χ1) is 9.65. The molecule has 0 spiro atoms. The van der Waals surface area contributed by atoms with Crippen LogP contribution in [-0.4, -0.2) is 23.2 Å². The predicted octanol–water partition coefficient (Wildman–Crippen LogP) is 2.64. The first kappa shape index (κ1) is 14.6. The fraction of sp³-hybridized carbons (Fsp3) is 0.438. The lowest BCUT2D eigenvalue weighted by Crippen LogP contribution is -2.21. The summed E-state index contributed by atoms with van der Waals surface area (Å²) in [7, 11) is 1.69. The van der Waals surface area contributed by atoms with Crippen LogP contribution in [0.3, 0.4) is 0 Å². The minimum absolute atomic E-state index is 0.336. The number of nitrogens with zero attached hydrogens (tertiary/aromatic N) is 2. The van der Waals surface area contributed by atoms with Gasteiger partial charge in [0.2, 0.25) is 0 Å². The molecule has 0 aliphatic rings. The fourth-order valence-corrected chi connectivity index (χ4v) is 2.47. The highest BCUT2D eigenvalue weighted by Crippen LogP contribution is 2.24. The molecule has 2 rings (SSSR count). The van der Waals surface area contributed by atoms with Gasteiger partial charge in [0, 0.05) is 30.9 Å². The normalized spacial score (nSPS) is 12.7. The SMILES string of the molecule is COc1cccc(Cn2cncc2C(CN)C(C)C)c1. The molecule has 4 nitrogen and oxygen atoms in total. The number of aromatic nitrogens is 2. The second-order valence-electron chi connectivity index (χ2n) is 5.38. The van der Waals surface area contributed by atoms with E-state index in [0.29, 0.717) is 18.4 Å². The van der Waals surface area contributed by atoms with Crippen LogP contribution in [0.4, 0.5) is 0 Å². The van der Waals surface area contributed by atoms with Gasteiger partial charge in [0.05, 0.1) is 13.4 Å². The van der Waals surface area contributed by atoms with Gasteiger partial charge in [0.1, 0.15) is 5.75 Å². The average Bonchev–Trinajstić information content (AvgIpc) is 2.87. The molecule has 1 unspecified atom stereocenters. The molecule has 20 heavy (non-hydrogen) atoms. The van der Waals surface area contributed by atoms with Crippen molar-refractivity contribution in [3.05, 3.63) is 48.0 Å². The summed E-state index contributed by atoms with van der Waals surface area (Å²) in [5.41, 5.74) is 8.31. The largest absolute Gasteiger partial charge is 0.497 e. The van der Waals surface area contributed by atoms with E-state index in [1.165, 1.54) is 11.3 Å². The standard InChI is InChI=1S/C16H23N3O/c1-12(2)15(8-17)16-9-18-11-19(16)10-13-5-4-6-14(7-13)20-3/h4-7,9,11-12,15H,8,10,17H2,1-3H3. The Morgan fingerprint density at radius 1 is 1.35 bits per heavy atom. The van der Waals surface area contributed by atoms with Crippen LogP contribution in [0.1, 0.15) is 31.0 Å². The smallest absolute Gasteiger partial charge is 0.119 e. The zero-order valence-electron chi connectivity index (χ0n) is 12.4. The summed E-state index contributed by atoms with van der Waals surface area (Å²) >= 11 is 0. The Labute approximate surface area is 120 Å². The van der Waals surface area contributed by atoms with E-state index in [2.05, 4.69) is 35.5 Å². The van der Waals surface area contributed by atoms with Gasteiger partial charge in [-0.3, -0.25) is 0 Å². The Bertz CT molecular complexity index is 548. The van der Waals surface area contributed by atoms with Crippen molar-refractivity contribution in [3.63, 3.8) is 0 Å². The van der Waals surface area contributed by atoms with Crippen molar-refractivity contribution in [1.29, 1.82) is 0 Å². The fourth-order valence-electron chi connectivity index (χ4n) is 2.47. The molecule has 2 aromatic rings. The van der Waals surface area contributed by atoms with E-state index in [9.17, 15) is 0 Å². The van der Waals surface area contributed by atoms with E-state index in [0.717, 1.165) is 12.3 Å². The van der Waals surface area contributed by atoms with Crippen molar-refractivity contribution in [2.24, 2.45) is 11.7 Å². The van der Waals surface area contributed by atoms with Crippen LogP contribution in [-0.2, 0) is 6.54 Å². The molecule has 0 radical (unpaired) electrons. The lowest BCUT2D eigenvalue weighted by atomic mass is 9.93. The summed E-state index contributed by atoms with van der Waals surface area (Å²) in [6.45, 7) is 5.82. The lowest BCUT2D eigenvalue weighted by molar-refractivity contribution is 0.414. The molecule has 1 aromatic carbocycles. The van der Waals surface area contributed by atoms with Crippen molar-refractivity contribution >= 4 is 0 Å². The third-order valence-electron chi connectivity index (χ3n) is 3.67. The monoisotopic (exact) mass is 273 g/mol. The topological polar surface area (TPSA) is 53.1 Å². The van der Waals surface area contributed by atoms with Crippen LogP contribution in [0, 0.1) is 5.92 Å². The van der Waals surface area contributed by atoms with Gasteiger partial charge in [0.25, 0.3) is 0 Å². The number of hydrogen-bond donors (Lipinski definition) is 1. The predicted molar refractivity (Wildman–Crippen MR) is 81.0 cm³/mol. The number of benzene rings is 1.